The fraction of sp³-hybridized carbons (Fsp3) is 0.733. The lowest BCUT2D eigenvalue weighted by atomic mass is 10.1. The number of aliphatic carboxylic acids is 1. The highest BCUT2D eigenvalue weighted by molar-refractivity contribution is 7.80. The maximum Gasteiger partial charge on any atom is 0.389 e. The number of thiocarbonyl (C=S) groups is 1. The average Bonchev–Trinajstić information content (AvgIpc) is 2.45. The third-order valence-electron chi connectivity index (χ3n) is 3.36. The van der Waals surface area contributed by atoms with E-state index in [0.29, 0.717) is 12.8 Å². The molecule has 0 aliphatic carbocycles. The van der Waals surface area contributed by atoms with Crippen molar-refractivity contribution in [2.75, 3.05) is 6.54 Å². The van der Waals surface area contributed by atoms with E-state index in [2.05, 4.69) is 6.58 Å². The highest BCUT2D eigenvalue weighted by atomic mass is 32.1. The molecule has 1 N–H and O–H groups in total. The summed E-state index contributed by atoms with van der Waals surface area (Å²) in [5.74, 6) is -6.31. The summed E-state index contributed by atoms with van der Waals surface area (Å²) in [5.41, 5.74) is -0.969. The van der Waals surface area contributed by atoms with Crippen molar-refractivity contribution < 1.29 is 27.5 Å². The molecule has 134 valence electrons. The van der Waals surface area contributed by atoms with Crippen LogP contribution in [0.2, 0.25) is 0 Å². The predicted molar refractivity (Wildman–Crippen MR) is 85.0 cm³/mol. The van der Waals surface area contributed by atoms with Crippen LogP contribution in [0.15, 0.2) is 12.2 Å². The van der Waals surface area contributed by atoms with Gasteiger partial charge in [0.25, 0.3) is 0 Å². The molecule has 0 aromatic heterocycles. The van der Waals surface area contributed by atoms with Gasteiger partial charge in [-0.25, -0.2) is 4.79 Å². The Hall–Kier alpha value is -1.18. The van der Waals surface area contributed by atoms with Crippen molar-refractivity contribution in [3.8, 4) is 0 Å². The lowest BCUT2D eigenvalue weighted by Gasteiger charge is -2.37. The van der Waals surface area contributed by atoms with Crippen LogP contribution in [-0.4, -0.2) is 39.5 Å². The number of halogens is 4. The molecule has 0 bridgehead atoms. The van der Waals surface area contributed by atoms with Crippen molar-refractivity contribution >= 4 is 23.2 Å². The molecule has 0 radical (unpaired) electrons. The Labute approximate surface area is 139 Å². The van der Waals surface area contributed by atoms with Crippen LogP contribution in [0.25, 0.3) is 0 Å². The fourth-order valence-electron chi connectivity index (χ4n) is 1.96. The number of hydrogen-bond acceptors (Lipinski definition) is 2. The summed E-state index contributed by atoms with van der Waals surface area (Å²) < 4.78 is 56.5. The molecule has 0 heterocycles. The van der Waals surface area contributed by atoms with Crippen LogP contribution in [0.1, 0.15) is 52.4 Å². The molecule has 0 spiro atoms. The van der Waals surface area contributed by atoms with E-state index in [1.165, 1.54) is 6.92 Å². The maximum absolute atomic E-state index is 14.3. The second kappa shape index (κ2) is 9.20. The summed E-state index contributed by atoms with van der Waals surface area (Å²) in [6, 6.07) is -4.56. The van der Waals surface area contributed by atoms with Crippen LogP contribution in [0, 0.1) is 0 Å². The molecule has 0 rings (SSSR count). The number of carboxylic acid groups (broad SMARTS) is 1. The van der Waals surface area contributed by atoms with E-state index in [0.717, 1.165) is 12.8 Å². The Bertz CT molecular complexity index is 441. The molecule has 0 fully saturated rings. The van der Waals surface area contributed by atoms with E-state index < -0.39 is 29.9 Å². The second-order valence-corrected chi connectivity index (χ2v) is 5.76. The number of nitrogens with zero attached hydrogens (tertiary/aromatic N) is 1. The monoisotopic (exact) mass is 357 g/mol. The number of rotatable bonds is 11. The third-order valence-corrected chi connectivity index (χ3v) is 3.86. The Kier molecular flexibility index (Phi) is 8.73. The van der Waals surface area contributed by atoms with Crippen molar-refractivity contribution in [3.05, 3.63) is 12.2 Å². The van der Waals surface area contributed by atoms with Gasteiger partial charge in [0.15, 0.2) is 0 Å². The lowest BCUT2D eigenvalue weighted by molar-refractivity contribution is -0.265. The molecule has 0 atom stereocenters. The Morgan fingerprint density at radius 3 is 2.17 bits per heavy atom. The zero-order valence-corrected chi connectivity index (χ0v) is 14.2. The lowest BCUT2D eigenvalue weighted by Crippen LogP contribution is -2.56. The number of carboxylic acids is 1. The highest BCUT2D eigenvalue weighted by Crippen LogP contribution is 2.42. The van der Waals surface area contributed by atoms with Crippen LogP contribution in [0.5, 0.6) is 0 Å². The SMILES string of the molecule is C=C(CC(F)(F)C(F)(F)N(CCCCCC)C(=S)CC)C(=O)O. The van der Waals surface area contributed by atoms with Gasteiger partial charge < -0.3 is 10.0 Å². The van der Waals surface area contributed by atoms with Crippen molar-refractivity contribution in [1.29, 1.82) is 0 Å². The first kappa shape index (κ1) is 21.8. The van der Waals surface area contributed by atoms with Gasteiger partial charge in [-0.15, -0.1) is 0 Å². The summed E-state index contributed by atoms with van der Waals surface area (Å²) in [6.07, 6.45) is 1.01. The topological polar surface area (TPSA) is 40.5 Å². The van der Waals surface area contributed by atoms with Gasteiger partial charge in [0, 0.05) is 12.1 Å². The number of unbranched alkanes of at least 4 members (excludes halogenated alkanes) is 3. The zero-order chi connectivity index (χ0) is 18.3. The first-order chi connectivity index (χ1) is 10.5. The van der Waals surface area contributed by atoms with Crippen molar-refractivity contribution in [2.24, 2.45) is 0 Å². The van der Waals surface area contributed by atoms with E-state index in [1.807, 2.05) is 6.92 Å². The Balaban J connectivity index is 5.25. The van der Waals surface area contributed by atoms with Crippen molar-refractivity contribution in [2.45, 2.75) is 64.3 Å². The van der Waals surface area contributed by atoms with Crippen LogP contribution < -0.4 is 0 Å². The molecule has 0 aliphatic rings. The third kappa shape index (κ3) is 6.08. The van der Waals surface area contributed by atoms with E-state index in [1.54, 1.807) is 0 Å². The van der Waals surface area contributed by atoms with E-state index in [4.69, 9.17) is 17.3 Å². The molecule has 23 heavy (non-hydrogen) atoms. The van der Waals surface area contributed by atoms with Gasteiger partial charge in [-0.2, -0.15) is 17.6 Å². The number of carbonyl (C=O) groups is 1. The molecule has 0 aromatic carbocycles. The van der Waals surface area contributed by atoms with E-state index in [-0.39, 0.29) is 22.9 Å². The molecule has 0 amide bonds. The summed E-state index contributed by atoms with van der Waals surface area (Å²) in [5, 5.41) is 8.59. The zero-order valence-electron chi connectivity index (χ0n) is 13.4. The largest absolute Gasteiger partial charge is 0.478 e. The molecule has 0 saturated heterocycles. The first-order valence-electron chi connectivity index (χ1n) is 7.48. The van der Waals surface area contributed by atoms with Crippen molar-refractivity contribution in [3.63, 3.8) is 0 Å². The normalized spacial score (nSPS) is 12.1. The van der Waals surface area contributed by atoms with Gasteiger partial charge in [-0.3, -0.25) is 0 Å². The minimum absolute atomic E-state index is 0.0225. The molecule has 0 saturated carbocycles. The molecule has 0 aromatic rings. The van der Waals surface area contributed by atoms with E-state index in [9.17, 15) is 22.4 Å². The van der Waals surface area contributed by atoms with Crippen molar-refractivity contribution in [1.82, 2.24) is 4.90 Å². The van der Waals surface area contributed by atoms with E-state index >= 15 is 0 Å². The Morgan fingerprint density at radius 1 is 1.17 bits per heavy atom. The molecule has 8 heteroatoms. The second-order valence-electron chi connectivity index (χ2n) is 5.29. The van der Waals surface area contributed by atoms with Gasteiger partial charge >= 0.3 is 17.9 Å². The van der Waals surface area contributed by atoms with Crippen LogP contribution in [-0.2, 0) is 4.79 Å². The highest BCUT2D eigenvalue weighted by Gasteiger charge is 2.60. The van der Waals surface area contributed by atoms with Crippen LogP contribution in [0.3, 0.4) is 0 Å². The van der Waals surface area contributed by atoms with Crippen LogP contribution >= 0.6 is 12.2 Å². The number of hydrogen-bond donors (Lipinski definition) is 1. The standard InChI is InChI=1S/C15H23F4NO2S/c1-4-6-7-8-9-20(12(23)5-2)15(18,19)14(16,17)10-11(3)13(21)22/h3-10H2,1-2H3,(H,21,22). The van der Waals surface area contributed by atoms with Gasteiger partial charge in [-0.1, -0.05) is 51.9 Å². The molecule has 0 aliphatic heterocycles. The predicted octanol–water partition coefficient (Wildman–Crippen LogP) is 4.87. The van der Waals surface area contributed by atoms with Crippen LogP contribution in [0.4, 0.5) is 17.6 Å². The molecular weight excluding hydrogens is 334 g/mol. The first-order valence-corrected chi connectivity index (χ1v) is 7.89. The minimum Gasteiger partial charge on any atom is -0.478 e. The summed E-state index contributed by atoms with van der Waals surface area (Å²) >= 11 is 4.81. The Morgan fingerprint density at radius 2 is 1.74 bits per heavy atom. The smallest absolute Gasteiger partial charge is 0.389 e. The fourth-order valence-corrected chi connectivity index (χ4v) is 2.16. The van der Waals surface area contributed by atoms with Gasteiger partial charge in [0.2, 0.25) is 0 Å². The summed E-state index contributed by atoms with van der Waals surface area (Å²) in [6.45, 7) is 6.05. The number of alkyl halides is 4. The van der Waals surface area contributed by atoms with Gasteiger partial charge in [0.05, 0.1) is 11.4 Å². The minimum atomic E-state index is -4.58. The maximum atomic E-state index is 14.3. The average molecular weight is 357 g/mol. The molecular formula is C15H23F4NO2S. The quantitative estimate of drug-likeness (QED) is 0.188. The van der Waals surface area contributed by atoms with Gasteiger partial charge in [-0.05, 0) is 12.8 Å². The molecule has 0 unspecified atom stereocenters. The summed E-state index contributed by atoms with van der Waals surface area (Å²) in [4.78, 5) is 10.5. The molecule has 3 nitrogen and oxygen atoms in total. The van der Waals surface area contributed by atoms with Gasteiger partial charge in [0.1, 0.15) is 0 Å². The summed E-state index contributed by atoms with van der Waals surface area (Å²) in [7, 11) is 0.